The van der Waals surface area contributed by atoms with E-state index in [1.165, 1.54) is 22.4 Å². The Balaban J connectivity index is 2.21. The van der Waals surface area contributed by atoms with Crippen molar-refractivity contribution in [3.63, 3.8) is 0 Å². The zero-order valence-electron chi connectivity index (χ0n) is 9.53. The molecule has 0 radical (unpaired) electrons. The molecule has 0 N–H and O–H groups in total. The third-order valence-electron chi connectivity index (χ3n) is 3.14. The molecule has 82 valence electrons. The summed E-state index contributed by atoms with van der Waals surface area (Å²) in [6.07, 6.45) is 4.20. The molecule has 3 nitrogen and oxygen atoms in total. The van der Waals surface area contributed by atoms with E-state index in [1.54, 1.807) is 7.11 Å². The lowest BCUT2D eigenvalue weighted by Crippen LogP contribution is -2.03. The molecule has 0 spiro atoms. The summed E-state index contributed by atoms with van der Waals surface area (Å²) in [6, 6.07) is 6.29. The van der Waals surface area contributed by atoms with E-state index in [9.17, 15) is 0 Å². The summed E-state index contributed by atoms with van der Waals surface area (Å²) in [5.41, 5.74) is 5.11. The van der Waals surface area contributed by atoms with Crippen LogP contribution in [0.15, 0.2) is 24.4 Å². The summed E-state index contributed by atoms with van der Waals surface area (Å²) in [5, 5.41) is 4.48. The SMILES string of the molecule is COc1ccc2c(c1)-c1cn(C)nc1CC2. The van der Waals surface area contributed by atoms with Crippen LogP contribution in [0.3, 0.4) is 0 Å². The van der Waals surface area contributed by atoms with Crippen molar-refractivity contribution in [2.24, 2.45) is 7.05 Å². The lowest BCUT2D eigenvalue weighted by molar-refractivity contribution is 0.415. The van der Waals surface area contributed by atoms with Crippen molar-refractivity contribution in [1.29, 1.82) is 0 Å². The minimum atomic E-state index is 0.912. The predicted molar refractivity (Wildman–Crippen MR) is 62.6 cm³/mol. The number of fused-ring (bicyclic) bond motifs is 3. The lowest BCUT2D eigenvalue weighted by atomic mass is 9.90. The molecule has 1 aliphatic rings. The fraction of sp³-hybridized carbons (Fsp3) is 0.308. The van der Waals surface area contributed by atoms with Gasteiger partial charge in [0.05, 0.1) is 12.8 Å². The summed E-state index contributed by atoms with van der Waals surface area (Å²) in [5.74, 6) is 0.912. The molecule has 0 bridgehead atoms. The number of ether oxygens (including phenoxy) is 1. The van der Waals surface area contributed by atoms with Gasteiger partial charge < -0.3 is 4.74 Å². The van der Waals surface area contributed by atoms with Crippen LogP contribution in [0.25, 0.3) is 11.1 Å². The molecule has 1 aromatic heterocycles. The highest BCUT2D eigenvalue weighted by atomic mass is 16.5. The van der Waals surface area contributed by atoms with E-state index >= 15 is 0 Å². The summed E-state index contributed by atoms with van der Waals surface area (Å²) in [6.45, 7) is 0. The summed E-state index contributed by atoms with van der Waals surface area (Å²) >= 11 is 0. The second kappa shape index (κ2) is 3.37. The Hall–Kier alpha value is -1.77. The molecule has 3 rings (SSSR count). The van der Waals surface area contributed by atoms with E-state index in [1.807, 2.05) is 17.8 Å². The molecule has 3 heteroatoms. The predicted octanol–water partition coefficient (Wildman–Crippen LogP) is 2.19. The molecule has 1 aliphatic carbocycles. The quantitative estimate of drug-likeness (QED) is 0.727. The van der Waals surface area contributed by atoms with Gasteiger partial charge in [0.15, 0.2) is 0 Å². The molecular formula is C13H14N2O. The van der Waals surface area contributed by atoms with Gasteiger partial charge in [-0.3, -0.25) is 4.68 Å². The largest absolute Gasteiger partial charge is 0.497 e. The Morgan fingerprint density at radius 1 is 1.25 bits per heavy atom. The average molecular weight is 214 g/mol. The molecule has 0 fully saturated rings. The first-order chi connectivity index (χ1) is 7.78. The molecule has 0 saturated carbocycles. The molecule has 0 unspecified atom stereocenters. The van der Waals surface area contributed by atoms with Gasteiger partial charge in [-0.05, 0) is 36.1 Å². The van der Waals surface area contributed by atoms with Gasteiger partial charge in [0.25, 0.3) is 0 Å². The van der Waals surface area contributed by atoms with Gasteiger partial charge in [0.1, 0.15) is 5.75 Å². The smallest absolute Gasteiger partial charge is 0.119 e. The van der Waals surface area contributed by atoms with Gasteiger partial charge in [-0.15, -0.1) is 0 Å². The molecule has 2 aromatic rings. The van der Waals surface area contributed by atoms with Crippen LogP contribution in [0.1, 0.15) is 11.3 Å². The van der Waals surface area contributed by atoms with Crippen molar-refractivity contribution in [3.05, 3.63) is 35.7 Å². The highest BCUT2D eigenvalue weighted by Gasteiger charge is 2.19. The van der Waals surface area contributed by atoms with Gasteiger partial charge in [0.2, 0.25) is 0 Å². The maximum Gasteiger partial charge on any atom is 0.119 e. The van der Waals surface area contributed by atoms with Crippen LogP contribution in [0.5, 0.6) is 5.75 Å². The van der Waals surface area contributed by atoms with E-state index in [0.717, 1.165) is 18.6 Å². The Morgan fingerprint density at radius 3 is 2.94 bits per heavy atom. The standard InChI is InChI=1S/C13H14N2O/c1-15-8-12-11-7-10(16-2)5-3-9(11)4-6-13(12)14-15/h3,5,7-8H,4,6H2,1-2H3. The van der Waals surface area contributed by atoms with Crippen LogP contribution in [0.2, 0.25) is 0 Å². The van der Waals surface area contributed by atoms with E-state index in [0.29, 0.717) is 0 Å². The summed E-state index contributed by atoms with van der Waals surface area (Å²) in [4.78, 5) is 0. The van der Waals surface area contributed by atoms with Crippen LogP contribution < -0.4 is 4.74 Å². The molecule has 0 aliphatic heterocycles. The maximum absolute atomic E-state index is 5.27. The fourth-order valence-electron chi connectivity index (χ4n) is 2.35. The van der Waals surface area contributed by atoms with Gasteiger partial charge in [-0.1, -0.05) is 6.07 Å². The van der Waals surface area contributed by atoms with Crippen LogP contribution in [-0.4, -0.2) is 16.9 Å². The number of aromatic nitrogens is 2. The second-order valence-corrected chi connectivity index (χ2v) is 4.19. The first-order valence-corrected chi connectivity index (χ1v) is 5.48. The Bertz CT molecular complexity index is 543. The normalized spacial score (nSPS) is 13.1. The Labute approximate surface area is 94.7 Å². The average Bonchev–Trinajstić information content (AvgIpc) is 2.69. The van der Waals surface area contributed by atoms with Gasteiger partial charge >= 0.3 is 0 Å². The number of hydrogen-bond donors (Lipinski definition) is 0. The summed E-state index contributed by atoms with van der Waals surface area (Å²) in [7, 11) is 3.67. The van der Waals surface area contributed by atoms with E-state index in [2.05, 4.69) is 23.4 Å². The van der Waals surface area contributed by atoms with Crippen molar-refractivity contribution < 1.29 is 4.74 Å². The monoisotopic (exact) mass is 214 g/mol. The van der Waals surface area contributed by atoms with Crippen molar-refractivity contribution in [1.82, 2.24) is 9.78 Å². The third-order valence-corrected chi connectivity index (χ3v) is 3.14. The zero-order chi connectivity index (χ0) is 11.1. The van der Waals surface area contributed by atoms with Crippen molar-refractivity contribution in [2.45, 2.75) is 12.8 Å². The van der Waals surface area contributed by atoms with Crippen molar-refractivity contribution in [3.8, 4) is 16.9 Å². The topological polar surface area (TPSA) is 27.1 Å². The maximum atomic E-state index is 5.27. The minimum absolute atomic E-state index is 0.912. The summed E-state index contributed by atoms with van der Waals surface area (Å²) < 4.78 is 7.16. The number of hydrogen-bond acceptors (Lipinski definition) is 2. The number of methoxy groups -OCH3 is 1. The highest BCUT2D eigenvalue weighted by Crippen LogP contribution is 2.34. The van der Waals surface area contributed by atoms with E-state index in [-0.39, 0.29) is 0 Å². The highest BCUT2D eigenvalue weighted by molar-refractivity contribution is 5.72. The number of rotatable bonds is 1. The Morgan fingerprint density at radius 2 is 2.12 bits per heavy atom. The molecular weight excluding hydrogens is 200 g/mol. The molecule has 16 heavy (non-hydrogen) atoms. The Kier molecular flexibility index (Phi) is 1.99. The van der Waals surface area contributed by atoms with E-state index in [4.69, 9.17) is 4.74 Å². The van der Waals surface area contributed by atoms with Crippen molar-refractivity contribution >= 4 is 0 Å². The molecule has 0 amide bonds. The van der Waals surface area contributed by atoms with Crippen LogP contribution >= 0.6 is 0 Å². The zero-order valence-corrected chi connectivity index (χ0v) is 9.53. The number of nitrogens with zero attached hydrogens (tertiary/aromatic N) is 2. The minimum Gasteiger partial charge on any atom is -0.497 e. The fourth-order valence-corrected chi connectivity index (χ4v) is 2.35. The second-order valence-electron chi connectivity index (χ2n) is 4.19. The molecule has 0 saturated heterocycles. The molecule has 0 atom stereocenters. The number of aryl methyl sites for hydroxylation is 3. The van der Waals surface area contributed by atoms with Crippen LogP contribution in [-0.2, 0) is 19.9 Å². The molecule has 1 aromatic carbocycles. The third kappa shape index (κ3) is 1.32. The first-order valence-electron chi connectivity index (χ1n) is 5.48. The van der Waals surface area contributed by atoms with Crippen LogP contribution in [0, 0.1) is 0 Å². The van der Waals surface area contributed by atoms with E-state index < -0.39 is 0 Å². The van der Waals surface area contributed by atoms with Gasteiger partial charge in [0, 0.05) is 18.8 Å². The first kappa shape index (κ1) is 9.46. The molecule has 1 heterocycles. The number of benzene rings is 1. The van der Waals surface area contributed by atoms with Crippen molar-refractivity contribution in [2.75, 3.05) is 7.11 Å². The van der Waals surface area contributed by atoms with Crippen LogP contribution in [0.4, 0.5) is 0 Å². The lowest BCUT2D eigenvalue weighted by Gasteiger charge is -2.15. The van der Waals surface area contributed by atoms with Gasteiger partial charge in [-0.25, -0.2) is 0 Å². The van der Waals surface area contributed by atoms with Gasteiger partial charge in [-0.2, -0.15) is 5.10 Å².